The molecule has 1 N–H and O–H groups in total. The van der Waals surface area contributed by atoms with Crippen molar-refractivity contribution in [3.63, 3.8) is 0 Å². The standard InChI is InChI=1S/C18H13N3/c1-2-5-13(6-3-1)14-8-11-20-17(14)15-9-12-21-18(15)16-7-4-10-19-16/h1-12,19H. The number of nitrogens with zero attached hydrogens (tertiary/aromatic N) is 2. The first-order valence-electron chi connectivity index (χ1n) is 6.86. The molecule has 3 nitrogen and oxygen atoms in total. The van der Waals surface area contributed by atoms with Gasteiger partial charge in [0.25, 0.3) is 0 Å². The maximum atomic E-state index is 4.55. The summed E-state index contributed by atoms with van der Waals surface area (Å²) in [5, 5.41) is 0. The molecule has 0 saturated heterocycles. The Morgan fingerprint density at radius 2 is 1.86 bits per heavy atom. The number of aromatic nitrogens is 1. The van der Waals surface area contributed by atoms with Crippen LogP contribution in [0, 0.1) is 0 Å². The number of allylic oxidation sites excluding steroid dienone is 4. The monoisotopic (exact) mass is 271 g/mol. The Labute approximate surface area is 122 Å². The van der Waals surface area contributed by atoms with Crippen LogP contribution >= 0.6 is 0 Å². The minimum absolute atomic E-state index is 0.941. The lowest BCUT2D eigenvalue weighted by Gasteiger charge is -2.09. The van der Waals surface area contributed by atoms with Gasteiger partial charge in [0.1, 0.15) is 0 Å². The summed E-state index contributed by atoms with van der Waals surface area (Å²) in [5.41, 5.74) is 6.29. The summed E-state index contributed by atoms with van der Waals surface area (Å²) in [6, 6.07) is 14.3. The fourth-order valence-electron chi connectivity index (χ4n) is 2.62. The lowest BCUT2D eigenvalue weighted by molar-refractivity contribution is 1.35. The summed E-state index contributed by atoms with van der Waals surface area (Å²) in [4.78, 5) is 12.2. The molecule has 0 radical (unpaired) electrons. The molecule has 0 bridgehead atoms. The Bertz CT molecular complexity index is 817. The molecular weight excluding hydrogens is 258 g/mol. The summed E-state index contributed by atoms with van der Waals surface area (Å²) in [6.07, 6.45) is 9.66. The van der Waals surface area contributed by atoms with E-state index in [4.69, 9.17) is 0 Å². The number of hydrogen-bond donors (Lipinski definition) is 1. The summed E-state index contributed by atoms with van der Waals surface area (Å²) < 4.78 is 0. The molecule has 3 heterocycles. The van der Waals surface area contributed by atoms with Gasteiger partial charge in [0, 0.05) is 29.8 Å². The van der Waals surface area contributed by atoms with Crippen molar-refractivity contribution in [3.8, 4) is 0 Å². The highest BCUT2D eigenvalue weighted by Crippen LogP contribution is 2.32. The third-order valence-electron chi connectivity index (χ3n) is 3.59. The topological polar surface area (TPSA) is 40.5 Å². The zero-order valence-electron chi connectivity index (χ0n) is 11.3. The van der Waals surface area contributed by atoms with Crippen molar-refractivity contribution in [3.05, 3.63) is 89.5 Å². The average Bonchev–Trinajstić information content (AvgIpc) is 3.27. The Hall–Kier alpha value is -2.94. The van der Waals surface area contributed by atoms with Gasteiger partial charge in [-0.05, 0) is 29.8 Å². The van der Waals surface area contributed by atoms with Crippen LogP contribution in [-0.2, 0) is 0 Å². The van der Waals surface area contributed by atoms with Crippen molar-refractivity contribution in [1.29, 1.82) is 0 Å². The van der Waals surface area contributed by atoms with Crippen LogP contribution in [0.25, 0.3) is 5.57 Å². The number of hydrogen-bond acceptors (Lipinski definition) is 2. The maximum absolute atomic E-state index is 4.55. The summed E-state index contributed by atoms with van der Waals surface area (Å²) in [7, 11) is 0. The van der Waals surface area contributed by atoms with Gasteiger partial charge in [-0.3, -0.25) is 9.98 Å². The van der Waals surface area contributed by atoms with Crippen LogP contribution in [0.5, 0.6) is 0 Å². The van der Waals surface area contributed by atoms with Crippen LogP contribution < -0.4 is 0 Å². The summed E-state index contributed by atoms with van der Waals surface area (Å²) in [6.45, 7) is 0. The molecule has 0 unspecified atom stereocenters. The van der Waals surface area contributed by atoms with Crippen molar-refractivity contribution in [1.82, 2.24) is 4.98 Å². The highest BCUT2D eigenvalue weighted by molar-refractivity contribution is 6.18. The molecule has 0 saturated carbocycles. The van der Waals surface area contributed by atoms with Crippen LogP contribution in [0.3, 0.4) is 0 Å². The van der Waals surface area contributed by atoms with Crippen LogP contribution in [0.4, 0.5) is 0 Å². The molecule has 0 spiro atoms. The second kappa shape index (κ2) is 4.87. The summed E-state index contributed by atoms with van der Waals surface area (Å²) >= 11 is 0. The largest absolute Gasteiger partial charge is 0.360 e. The summed E-state index contributed by atoms with van der Waals surface area (Å²) in [5.74, 6) is 0. The number of rotatable bonds is 2. The quantitative estimate of drug-likeness (QED) is 0.864. The molecule has 4 rings (SSSR count). The smallest absolute Gasteiger partial charge is 0.0958 e. The highest BCUT2D eigenvalue weighted by atomic mass is 14.8. The fraction of sp³-hybridized carbons (Fsp3) is 0. The minimum Gasteiger partial charge on any atom is -0.360 e. The lowest BCUT2D eigenvalue weighted by Crippen LogP contribution is -2.04. The Morgan fingerprint density at radius 3 is 2.67 bits per heavy atom. The normalized spacial score (nSPS) is 20.0. The van der Waals surface area contributed by atoms with Gasteiger partial charge < -0.3 is 4.98 Å². The zero-order chi connectivity index (χ0) is 14.1. The number of H-pyrrole nitrogens is 1. The van der Waals surface area contributed by atoms with Crippen molar-refractivity contribution in [2.75, 3.05) is 0 Å². The second-order valence-electron chi connectivity index (χ2n) is 4.86. The van der Waals surface area contributed by atoms with Crippen molar-refractivity contribution >= 4 is 17.5 Å². The molecule has 0 fully saturated rings. The third-order valence-corrected chi connectivity index (χ3v) is 3.59. The van der Waals surface area contributed by atoms with E-state index in [0.717, 1.165) is 28.2 Å². The van der Waals surface area contributed by atoms with Gasteiger partial charge in [-0.25, -0.2) is 0 Å². The van der Waals surface area contributed by atoms with Crippen molar-refractivity contribution in [2.24, 2.45) is 9.98 Å². The van der Waals surface area contributed by atoms with Gasteiger partial charge in [-0.15, -0.1) is 0 Å². The third kappa shape index (κ3) is 1.99. The van der Waals surface area contributed by atoms with Gasteiger partial charge in [-0.2, -0.15) is 0 Å². The van der Waals surface area contributed by atoms with Gasteiger partial charge in [0.05, 0.1) is 17.1 Å². The van der Waals surface area contributed by atoms with E-state index < -0.39 is 0 Å². The van der Waals surface area contributed by atoms with E-state index in [1.165, 1.54) is 5.56 Å². The molecule has 1 aromatic heterocycles. The SMILES string of the molecule is C1=CC(=C2N=CC=C2c2ccccc2)C(c2ccc[nH]2)=N1. The van der Waals surface area contributed by atoms with E-state index in [9.17, 15) is 0 Å². The van der Waals surface area contributed by atoms with Crippen LogP contribution in [0.1, 0.15) is 11.3 Å². The van der Waals surface area contributed by atoms with E-state index in [2.05, 4.69) is 33.2 Å². The molecule has 3 heteroatoms. The fourth-order valence-corrected chi connectivity index (χ4v) is 2.62. The Morgan fingerprint density at radius 1 is 0.952 bits per heavy atom. The van der Waals surface area contributed by atoms with E-state index in [1.54, 1.807) is 0 Å². The molecule has 2 aliphatic rings. The number of benzene rings is 1. The van der Waals surface area contributed by atoms with E-state index >= 15 is 0 Å². The van der Waals surface area contributed by atoms with E-state index in [-0.39, 0.29) is 0 Å². The predicted octanol–water partition coefficient (Wildman–Crippen LogP) is 3.75. The maximum Gasteiger partial charge on any atom is 0.0958 e. The molecular formula is C18H13N3. The molecule has 1 aromatic carbocycles. The van der Waals surface area contributed by atoms with Gasteiger partial charge in [0.15, 0.2) is 0 Å². The van der Waals surface area contributed by atoms with Crippen LogP contribution in [0.15, 0.2) is 88.3 Å². The van der Waals surface area contributed by atoms with Gasteiger partial charge >= 0.3 is 0 Å². The lowest BCUT2D eigenvalue weighted by atomic mass is 9.97. The second-order valence-corrected chi connectivity index (χ2v) is 4.86. The number of nitrogens with one attached hydrogen (secondary N) is 1. The Kier molecular flexibility index (Phi) is 2.75. The van der Waals surface area contributed by atoms with Crippen LogP contribution in [0.2, 0.25) is 0 Å². The Balaban J connectivity index is 1.82. The number of aromatic amines is 1. The molecule has 0 atom stereocenters. The molecule has 2 aliphatic heterocycles. The average molecular weight is 271 g/mol. The van der Waals surface area contributed by atoms with E-state index in [1.807, 2.05) is 55.0 Å². The van der Waals surface area contributed by atoms with Gasteiger partial charge in [0.2, 0.25) is 0 Å². The van der Waals surface area contributed by atoms with E-state index in [0.29, 0.717) is 0 Å². The first-order valence-corrected chi connectivity index (χ1v) is 6.86. The van der Waals surface area contributed by atoms with Gasteiger partial charge in [-0.1, -0.05) is 30.3 Å². The molecule has 100 valence electrons. The first-order chi connectivity index (χ1) is 10.4. The predicted molar refractivity (Wildman–Crippen MR) is 86.4 cm³/mol. The van der Waals surface area contributed by atoms with Crippen molar-refractivity contribution < 1.29 is 0 Å². The zero-order valence-corrected chi connectivity index (χ0v) is 11.3. The molecule has 0 aliphatic carbocycles. The molecule has 0 amide bonds. The van der Waals surface area contributed by atoms with Crippen LogP contribution in [-0.4, -0.2) is 16.9 Å². The molecule has 21 heavy (non-hydrogen) atoms. The highest BCUT2D eigenvalue weighted by Gasteiger charge is 2.21. The molecule has 2 aromatic rings. The first kappa shape index (κ1) is 11.9. The minimum atomic E-state index is 0.941. The number of aliphatic imine (C=N–C) groups is 2. The van der Waals surface area contributed by atoms with Crippen molar-refractivity contribution in [2.45, 2.75) is 0 Å².